The zero-order chi connectivity index (χ0) is 15.3. The molecule has 1 atom stereocenters. The van der Waals surface area contributed by atoms with Crippen LogP contribution >= 0.6 is 0 Å². The summed E-state index contributed by atoms with van der Waals surface area (Å²) < 4.78 is 0. The molecule has 3 N–H and O–H groups in total. The van der Waals surface area contributed by atoms with Crippen LogP contribution < -0.4 is 10.2 Å². The van der Waals surface area contributed by atoms with Crippen molar-refractivity contribution in [2.24, 2.45) is 5.92 Å². The molecule has 0 saturated heterocycles. The second-order valence-corrected chi connectivity index (χ2v) is 4.77. The second-order valence-electron chi connectivity index (χ2n) is 4.77. The SMILES string of the molecule is CCN(C(=O)N[C@H](C(=O)O)C(C)C)c1cccc(O)c1. The minimum absolute atomic E-state index is 0.0485. The molecule has 6 nitrogen and oxygen atoms in total. The summed E-state index contributed by atoms with van der Waals surface area (Å²) in [4.78, 5) is 24.7. The monoisotopic (exact) mass is 280 g/mol. The molecule has 0 bridgehead atoms. The summed E-state index contributed by atoms with van der Waals surface area (Å²) in [7, 11) is 0. The normalized spacial score (nSPS) is 12.0. The number of benzene rings is 1. The Morgan fingerprint density at radius 3 is 2.45 bits per heavy atom. The van der Waals surface area contributed by atoms with Gasteiger partial charge in [-0.25, -0.2) is 9.59 Å². The van der Waals surface area contributed by atoms with E-state index >= 15 is 0 Å². The molecule has 20 heavy (non-hydrogen) atoms. The van der Waals surface area contributed by atoms with Crippen LogP contribution in [0.2, 0.25) is 0 Å². The highest BCUT2D eigenvalue weighted by Crippen LogP contribution is 2.20. The summed E-state index contributed by atoms with van der Waals surface area (Å²) in [6, 6.07) is 4.80. The number of rotatable bonds is 5. The first-order valence-corrected chi connectivity index (χ1v) is 6.46. The molecule has 6 heteroatoms. The number of phenols is 1. The van der Waals surface area contributed by atoms with Crippen LogP contribution in [0.3, 0.4) is 0 Å². The first-order valence-electron chi connectivity index (χ1n) is 6.46. The van der Waals surface area contributed by atoms with E-state index in [0.29, 0.717) is 12.2 Å². The summed E-state index contributed by atoms with van der Waals surface area (Å²) >= 11 is 0. The van der Waals surface area contributed by atoms with Gasteiger partial charge in [-0.1, -0.05) is 19.9 Å². The predicted molar refractivity (Wildman–Crippen MR) is 75.9 cm³/mol. The van der Waals surface area contributed by atoms with E-state index in [2.05, 4.69) is 5.32 Å². The van der Waals surface area contributed by atoms with Gasteiger partial charge in [0.1, 0.15) is 11.8 Å². The highest BCUT2D eigenvalue weighted by atomic mass is 16.4. The number of hydrogen-bond donors (Lipinski definition) is 3. The van der Waals surface area contributed by atoms with Crippen molar-refractivity contribution in [2.75, 3.05) is 11.4 Å². The summed E-state index contributed by atoms with van der Waals surface area (Å²) in [5.41, 5.74) is 0.512. The molecule has 0 fully saturated rings. The maximum absolute atomic E-state index is 12.2. The van der Waals surface area contributed by atoms with Gasteiger partial charge in [-0.05, 0) is 25.0 Å². The fourth-order valence-electron chi connectivity index (χ4n) is 1.83. The zero-order valence-electron chi connectivity index (χ0n) is 11.8. The van der Waals surface area contributed by atoms with Crippen molar-refractivity contribution in [2.45, 2.75) is 26.8 Å². The van der Waals surface area contributed by atoms with Gasteiger partial charge in [0.05, 0.1) is 0 Å². The van der Waals surface area contributed by atoms with E-state index in [-0.39, 0.29) is 11.7 Å². The zero-order valence-corrected chi connectivity index (χ0v) is 11.8. The molecule has 0 aliphatic heterocycles. The Morgan fingerprint density at radius 1 is 1.35 bits per heavy atom. The van der Waals surface area contributed by atoms with Gasteiger partial charge < -0.3 is 15.5 Å². The Hall–Kier alpha value is -2.24. The number of nitrogens with zero attached hydrogens (tertiary/aromatic N) is 1. The fourth-order valence-corrected chi connectivity index (χ4v) is 1.83. The molecular weight excluding hydrogens is 260 g/mol. The molecule has 110 valence electrons. The van der Waals surface area contributed by atoms with Gasteiger partial charge in [0.15, 0.2) is 0 Å². The van der Waals surface area contributed by atoms with E-state index in [1.165, 1.54) is 17.0 Å². The van der Waals surface area contributed by atoms with Crippen LogP contribution in [0.25, 0.3) is 0 Å². The average molecular weight is 280 g/mol. The van der Waals surface area contributed by atoms with Gasteiger partial charge in [-0.2, -0.15) is 0 Å². The number of hydrogen-bond acceptors (Lipinski definition) is 3. The van der Waals surface area contributed by atoms with Crippen LogP contribution in [0.15, 0.2) is 24.3 Å². The third kappa shape index (κ3) is 3.88. The van der Waals surface area contributed by atoms with Crippen LogP contribution in [-0.2, 0) is 4.79 Å². The lowest BCUT2D eigenvalue weighted by Crippen LogP contribution is -2.50. The number of carboxylic acid groups (broad SMARTS) is 1. The summed E-state index contributed by atoms with van der Waals surface area (Å²) in [6.07, 6.45) is 0. The smallest absolute Gasteiger partial charge is 0.326 e. The number of anilines is 1. The highest BCUT2D eigenvalue weighted by Gasteiger charge is 2.26. The molecule has 1 aromatic rings. The molecular formula is C14H20N2O4. The van der Waals surface area contributed by atoms with Crippen molar-refractivity contribution >= 4 is 17.7 Å². The van der Waals surface area contributed by atoms with Crippen molar-refractivity contribution in [3.8, 4) is 5.75 Å². The highest BCUT2D eigenvalue weighted by molar-refractivity contribution is 5.94. The Bertz CT molecular complexity index is 488. The summed E-state index contributed by atoms with van der Waals surface area (Å²) in [6.45, 7) is 5.59. The van der Waals surface area contributed by atoms with E-state index in [9.17, 15) is 14.7 Å². The number of carbonyl (C=O) groups is 2. The maximum atomic E-state index is 12.2. The van der Waals surface area contributed by atoms with Crippen molar-refractivity contribution in [1.29, 1.82) is 0 Å². The van der Waals surface area contributed by atoms with E-state index in [1.807, 2.05) is 0 Å². The Kier molecular flexibility index (Phi) is 5.37. The molecule has 1 aromatic carbocycles. The lowest BCUT2D eigenvalue weighted by Gasteiger charge is -2.25. The van der Waals surface area contributed by atoms with Gasteiger partial charge in [0.2, 0.25) is 0 Å². The standard InChI is InChI=1S/C14H20N2O4/c1-4-16(10-6-5-7-11(17)8-10)14(20)15-12(9(2)3)13(18)19/h5-9,12,17H,4H2,1-3H3,(H,15,20)(H,18,19)/t12-/m0/s1. The summed E-state index contributed by atoms with van der Waals surface area (Å²) in [5, 5.41) is 21.0. The number of phenolic OH excluding ortho intramolecular Hbond substituents is 1. The van der Waals surface area contributed by atoms with Gasteiger partial charge in [-0.3, -0.25) is 4.90 Å². The first-order chi connectivity index (χ1) is 9.36. The van der Waals surface area contributed by atoms with Crippen molar-refractivity contribution < 1.29 is 19.8 Å². The van der Waals surface area contributed by atoms with Crippen LogP contribution in [0, 0.1) is 5.92 Å². The van der Waals surface area contributed by atoms with Crippen molar-refractivity contribution in [3.05, 3.63) is 24.3 Å². The molecule has 0 radical (unpaired) electrons. The summed E-state index contributed by atoms with van der Waals surface area (Å²) in [5.74, 6) is -1.24. The second kappa shape index (κ2) is 6.79. The fraction of sp³-hybridized carbons (Fsp3) is 0.429. The number of urea groups is 1. The lowest BCUT2D eigenvalue weighted by molar-refractivity contribution is -0.140. The number of amides is 2. The van der Waals surface area contributed by atoms with E-state index < -0.39 is 18.0 Å². The molecule has 0 unspecified atom stereocenters. The van der Waals surface area contributed by atoms with Crippen molar-refractivity contribution in [1.82, 2.24) is 5.32 Å². The van der Waals surface area contributed by atoms with E-state index in [4.69, 9.17) is 5.11 Å². The topological polar surface area (TPSA) is 89.9 Å². The van der Waals surface area contributed by atoms with Gasteiger partial charge in [0, 0.05) is 18.3 Å². The van der Waals surface area contributed by atoms with E-state index in [0.717, 1.165) is 0 Å². The largest absolute Gasteiger partial charge is 0.508 e. The van der Waals surface area contributed by atoms with Crippen LogP contribution in [0.4, 0.5) is 10.5 Å². The van der Waals surface area contributed by atoms with Crippen LogP contribution in [0.1, 0.15) is 20.8 Å². The Morgan fingerprint density at radius 2 is 2.00 bits per heavy atom. The van der Waals surface area contributed by atoms with Crippen molar-refractivity contribution in [3.63, 3.8) is 0 Å². The molecule has 0 aliphatic rings. The molecule has 2 amide bonds. The van der Waals surface area contributed by atoms with Gasteiger partial charge in [-0.15, -0.1) is 0 Å². The molecule has 0 aliphatic carbocycles. The minimum Gasteiger partial charge on any atom is -0.508 e. The Balaban J connectivity index is 2.90. The van der Waals surface area contributed by atoms with Crippen LogP contribution in [0.5, 0.6) is 5.75 Å². The number of aliphatic carboxylic acids is 1. The molecule has 0 heterocycles. The Labute approximate surface area is 118 Å². The van der Waals surface area contributed by atoms with E-state index in [1.54, 1.807) is 32.9 Å². The maximum Gasteiger partial charge on any atom is 0.326 e. The quantitative estimate of drug-likeness (QED) is 0.770. The number of carboxylic acids is 1. The number of nitrogens with one attached hydrogen (secondary N) is 1. The number of carbonyl (C=O) groups excluding carboxylic acids is 1. The average Bonchev–Trinajstić information content (AvgIpc) is 2.36. The van der Waals surface area contributed by atoms with Crippen LogP contribution in [-0.4, -0.2) is 34.8 Å². The first kappa shape index (κ1) is 15.8. The third-order valence-corrected chi connectivity index (χ3v) is 2.91. The molecule has 0 aromatic heterocycles. The predicted octanol–water partition coefficient (Wildman–Crippen LogP) is 2.04. The molecule has 0 saturated carbocycles. The van der Waals surface area contributed by atoms with Gasteiger partial charge >= 0.3 is 12.0 Å². The molecule has 0 spiro atoms. The third-order valence-electron chi connectivity index (χ3n) is 2.91. The minimum atomic E-state index is -1.07. The number of aromatic hydroxyl groups is 1. The molecule has 1 rings (SSSR count). The lowest BCUT2D eigenvalue weighted by atomic mass is 10.1. The van der Waals surface area contributed by atoms with Gasteiger partial charge in [0.25, 0.3) is 0 Å².